The number of aromatic nitrogens is 2. The average molecular weight is 243 g/mol. The third-order valence-electron chi connectivity index (χ3n) is 1.87. The van der Waals surface area contributed by atoms with Gasteiger partial charge in [0.05, 0.1) is 0 Å². The normalized spacial score (nSPS) is 12.8. The summed E-state index contributed by atoms with van der Waals surface area (Å²) < 4.78 is 0. The Balaban J connectivity index is 2.53. The van der Waals surface area contributed by atoms with Crippen LogP contribution in [0.25, 0.3) is 0 Å². The van der Waals surface area contributed by atoms with Crippen LogP contribution in [0.2, 0.25) is 0 Å². The minimum absolute atomic E-state index is 0.548. The van der Waals surface area contributed by atoms with Crippen LogP contribution in [0.3, 0.4) is 0 Å². The van der Waals surface area contributed by atoms with E-state index in [2.05, 4.69) is 32.8 Å². The van der Waals surface area contributed by atoms with Crippen molar-refractivity contribution >= 4 is 15.9 Å². The van der Waals surface area contributed by atoms with Crippen molar-refractivity contribution in [1.82, 2.24) is 9.97 Å². The molecule has 2 nitrogen and oxygen atoms in total. The Morgan fingerprint density at radius 1 is 1.54 bits per heavy atom. The Bertz CT molecular complexity index is 263. The lowest BCUT2D eigenvalue weighted by atomic mass is 10.1. The third-order valence-corrected chi connectivity index (χ3v) is 2.65. The number of halogens is 1. The highest BCUT2D eigenvalue weighted by molar-refractivity contribution is 9.09. The van der Waals surface area contributed by atoms with E-state index in [4.69, 9.17) is 0 Å². The third kappa shape index (κ3) is 3.85. The summed E-state index contributed by atoms with van der Waals surface area (Å²) >= 11 is 3.64. The van der Waals surface area contributed by atoms with Crippen LogP contribution in [-0.2, 0) is 6.42 Å². The molecule has 13 heavy (non-hydrogen) atoms. The van der Waals surface area contributed by atoms with E-state index in [1.165, 1.54) is 12.8 Å². The Morgan fingerprint density at radius 3 is 2.92 bits per heavy atom. The van der Waals surface area contributed by atoms with Gasteiger partial charge in [-0.05, 0) is 19.4 Å². The highest BCUT2D eigenvalue weighted by atomic mass is 79.9. The molecule has 0 spiro atoms. The van der Waals surface area contributed by atoms with Gasteiger partial charge in [-0.3, -0.25) is 0 Å². The number of nitrogens with zero attached hydrogens (tertiary/aromatic N) is 2. The van der Waals surface area contributed by atoms with Crippen molar-refractivity contribution in [2.45, 2.75) is 37.9 Å². The highest BCUT2D eigenvalue weighted by Gasteiger charge is 2.05. The molecular formula is C10H15BrN2. The molecule has 0 bridgehead atoms. The number of alkyl halides is 1. The molecule has 0 aliphatic carbocycles. The van der Waals surface area contributed by atoms with Crippen molar-refractivity contribution in [1.29, 1.82) is 0 Å². The molecule has 1 atom stereocenters. The van der Waals surface area contributed by atoms with E-state index in [0.717, 1.165) is 17.9 Å². The first-order valence-corrected chi connectivity index (χ1v) is 5.56. The van der Waals surface area contributed by atoms with Gasteiger partial charge >= 0.3 is 0 Å². The van der Waals surface area contributed by atoms with Gasteiger partial charge in [-0.2, -0.15) is 0 Å². The van der Waals surface area contributed by atoms with Gasteiger partial charge in [-0.25, -0.2) is 9.97 Å². The van der Waals surface area contributed by atoms with Crippen LogP contribution in [0.1, 0.15) is 31.3 Å². The van der Waals surface area contributed by atoms with E-state index >= 15 is 0 Å². The Morgan fingerprint density at radius 2 is 2.31 bits per heavy atom. The summed E-state index contributed by atoms with van der Waals surface area (Å²) in [6, 6.07) is 1.98. The SMILES string of the molecule is CCCC(Br)Cc1ccnc(C)n1. The molecule has 0 aliphatic rings. The smallest absolute Gasteiger partial charge is 0.125 e. The Kier molecular flexibility index (Phi) is 4.36. The van der Waals surface area contributed by atoms with Gasteiger partial charge in [-0.1, -0.05) is 29.3 Å². The van der Waals surface area contributed by atoms with E-state index < -0.39 is 0 Å². The number of hydrogen-bond acceptors (Lipinski definition) is 2. The highest BCUT2D eigenvalue weighted by Crippen LogP contribution is 2.13. The van der Waals surface area contributed by atoms with Crippen LogP contribution in [0, 0.1) is 6.92 Å². The van der Waals surface area contributed by atoms with E-state index in [-0.39, 0.29) is 0 Å². The summed E-state index contributed by atoms with van der Waals surface area (Å²) in [6.45, 7) is 4.12. The first-order chi connectivity index (χ1) is 6.22. The molecule has 1 unspecified atom stereocenters. The number of aryl methyl sites for hydroxylation is 1. The van der Waals surface area contributed by atoms with Crippen molar-refractivity contribution in [2.24, 2.45) is 0 Å². The molecule has 1 heterocycles. The van der Waals surface area contributed by atoms with Crippen LogP contribution in [0.15, 0.2) is 12.3 Å². The molecule has 0 saturated carbocycles. The van der Waals surface area contributed by atoms with E-state index in [1.807, 2.05) is 19.2 Å². The fraction of sp³-hybridized carbons (Fsp3) is 0.600. The molecule has 0 N–H and O–H groups in total. The zero-order chi connectivity index (χ0) is 9.68. The second-order valence-corrected chi connectivity index (χ2v) is 4.48. The second-order valence-electron chi connectivity index (χ2n) is 3.19. The van der Waals surface area contributed by atoms with E-state index in [9.17, 15) is 0 Å². The second kappa shape index (κ2) is 5.32. The lowest BCUT2D eigenvalue weighted by Crippen LogP contribution is -2.04. The summed E-state index contributed by atoms with van der Waals surface area (Å²) in [7, 11) is 0. The molecule has 0 fully saturated rings. The fourth-order valence-electron chi connectivity index (χ4n) is 1.26. The van der Waals surface area contributed by atoms with Crippen LogP contribution < -0.4 is 0 Å². The molecule has 0 amide bonds. The van der Waals surface area contributed by atoms with E-state index in [1.54, 1.807) is 0 Å². The fourth-order valence-corrected chi connectivity index (χ4v) is 2.05. The monoisotopic (exact) mass is 242 g/mol. The average Bonchev–Trinajstić information content (AvgIpc) is 2.04. The van der Waals surface area contributed by atoms with Crippen LogP contribution >= 0.6 is 15.9 Å². The van der Waals surface area contributed by atoms with Crippen molar-refractivity contribution in [3.8, 4) is 0 Å². The topological polar surface area (TPSA) is 25.8 Å². The molecule has 1 aromatic heterocycles. The molecule has 0 radical (unpaired) electrons. The largest absolute Gasteiger partial charge is 0.242 e. The minimum atomic E-state index is 0.548. The molecule has 1 rings (SSSR count). The van der Waals surface area contributed by atoms with Crippen molar-refractivity contribution < 1.29 is 0 Å². The van der Waals surface area contributed by atoms with Crippen molar-refractivity contribution in [3.05, 3.63) is 23.8 Å². The number of rotatable bonds is 4. The van der Waals surface area contributed by atoms with Gasteiger partial charge in [0.2, 0.25) is 0 Å². The zero-order valence-corrected chi connectivity index (χ0v) is 9.71. The standard InChI is InChI=1S/C10H15BrN2/c1-3-4-9(11)7-10-5-6-12-8(2)13-10/h5-6,9H,3-4,7H2,1-2H3. The maximum absolute atomic E-state index is 4.35. The van der Waals surface area contributed by atoms with Gasteiger partial charge < -0.3 is 0 Å². The van der Waals surface area contributed by atoms with Gasteiger partial charge in [-0.15, -0.1) is 0 Å². The zero-order valence-electron chi connectivity index (χ0n) is 8.13. The lowest BCUT2D eigenvalue weighted by Gasteiger charge is -2.07. The van der Waals surface area contributed by atoms with Crippen LogP contribution in [0.4, 0.5) is 0 Å². The Hall–Kier alpha value is -0.440. The molecule has 1 aromatic rings. The van der Waals surface area contributed by atoms with Crippen molar-refractivity contribution in [2.75, 3.05) is 0 Å². The molecule has 0 aromatic carbocycles. The van der Waals surface area contributed by atoms with Crippen LogP contribution in [-0.4, -0.2) is 14.8 Å². The first kappa shape index (κ1) is 10.6. The number of hydrogen-bond donors (Lipinski definition) is 0. The first-order valence-electron chi connectivity index (χ1n) is 4.65. The maximum atomic E-state index is 4.35. The molecule has 72 valence electrons. The van der Waals surface area contributed by atoms with Crippen LogP contribution in [0.5, 0.6) is 0 Å². The maximum Gasteiger partial charge on any atom is 0.125 e. The summed E-state index contributed by atoms with van der Waals surface area (Å²) in [5.41, 5.74) is 1.13. The summed E-state index contributed by atoms with van der Waals surface area (Å²) in [5.74, 6) is 0.855. The minimum Gasteiger partial charge on any atom is -0.242 e. The van der Waals surface area contributed by atoms with E-state index in [0.29, 0.717) is 4.83 Å². The Labute approximate surface area is 87.9 Å². The molecular weight excluding hydrogens is 228 g/mol. The van der Waals surface area contributed by atoms with Gasteiger partial charge in [0.1, 0.15) is 5.82 Å². The predicted octanol–water partition coefficient (Wildman–Crippen LogP) is 2.89. The van der Waals surface area contributed by atoms with Gasteiger partial charge in [0.15, 0.2) is 0 Å². The predicted molar refractivity (Wildman–Crippen MR) is 58.1 cm³/mol. The quantitative estimate of drug-likeness (QED) is 0.760. The molecule has 0 aliphatic heterocycles. The van der Waals surface area contributed by atoms with Gasteiger partial charge in [0.25, 0.3) is 0 Å². The molecule has 0 saturated heterocycles. The lowest BCUT2D eigenvalue weighted by molar-refractivity contribution is 0.730. The summed E-state index contributed by atoms with van der Waals surface area (Å²) in [5, 5.41) is 0. The van der Waals surface area contributed by atoms with Crippen molar-refractivity contribution in [3.63, 3.8) is 0 Å². The van der Waals surface area contributed by atoms with Gasteiger partial charge in [0, 0.05) is 23.1 Å². The molecule has 3 heteroatoms. The summed E-state index contributed by atoms with van der Waals surface area (Å²) in [4.78, 5) is 8.97. The summed E-state index contributed by atoms with van der Waals surface area (Å²) in [6.07, 6.45) is 5.23.